The van der Waals surface area contributed by atoms with Gasteiger partial charge in [0.25, 0.3) is 0 Å². The summed E-state index contributed by atoms with van der Waals surface area (Å²) in [4.78, 5) is 10.9. The summed E-state index contributed by atoms with van der Waals surface area (Å²) in [7, 11) is 1.58. The standard InChI is InChI=1S/C12H11Cl2NO/c1-15-12(16)5-3-2-4-9-6-7-10(13)11(14)8-9/h2-8H,1H3,(H,15,16)/b4-2+,5-3+. The Balaban J connectivity index is 2.66. The Hall–Kier alpha value is -1.25. The van der Waals surface area contributed by atoms with Crippen LogP contribution in [0.1, 0.15) is 5.56 Å². The third-order valence-corrected chi connectivity index (χ3v) is 2.58. The second-order valence-corrected chi connectivity index (χ2v) is 3.82. The highest BCUT2D eigenvalue weighted by molar-refractivity contribution is 6.42. The number of benzene rings is 1. The number of nitrogens with one attached hydrogen (secondary N) is 1. The summed E-state index contributed by atoms with van der Waals surface area (Å²) >= 11 is 11.6. The van der Waals surface area contributed by atoms with Gasteiger partial charge in [0.2, 0.25) is 5.91 Å². The van der Waals surface area contributed by atoms with Gasteiger partial charge in [-0.15, -0.1) is 0 Å². The second-order valence-electron chi connectivity index (χ2n) is 3.01. The smallest absolute Gasteiger partial charge is 0.243 e. The number of hydrogen-bond acceptors (Lipinski definition) is 1. The van der Waals surface area contributed by atoms with E-state index in [9.17, 15) is 4.79 Å². The van der Waals surface area contributed by atoms with Crippen LogP contribution in [0.2, 0.25) is 10.0 Å². The number of rotatable bonds is 3. The van der Waals surface area contributed by atoms with Crippen molar-refractivity contribution in [2.45, 2.75) is 0 Å². The Kier molecular flexibility index (Phi) is 5.09. The molecular formula is C12H11Cl2NO. The molecule has 0 fully saturated rings. The topological polar surface area (TPSA) is 29.1 Å². The molecule has 1 amide bonds. The van der Waals surface area contributed by atoms with Gasteiger partial charge in [0.05, 0.1) is 10.0 Å². The Morgan fingerprint density at radius 2 is 2.00 bits per heavy atom. The summed E-state index contributed by atoms with van der Waals surface area (Å²) in [5.74, 6) is -0.140. The van der Waals surface area contributed by atoms with Crippen LogP contribution in [0.3, 0.4) is 0 Å². The Morgan fingerprint density at radius 3 is 2.62 bits per heavy atom. The van der Waals surface area contributed by atoms with E-state index >= 15 is 0 Å². The lowest BCUT2D eigenvalue weighted by atomic mass is 10.2. The van der Waals surface area contributed by atoms with Gasteiger partial charge < -0.3 is 5.32 Å². The van der Waals surface area contributed by atoms with E-state index in [0.717, 1.165) is 5.56 Å². The van der Waals surface area contributed by atoms with Crippen LogP contribution >= 0.6 is 23.2 Å². The van der Waals surface area contributed by atoms with E-state index in [1.165, 1.54) is 6.08 Å². The molecule has 2 nitrogen and oxygen atoms in total. The van der Waals surface area contributed by atoms with Crippen LogP contribution in [0.25, 0.3) is 6.08 Å². The summed E-state index contributed by atoms with van der Waals surface area (Å²) < 4.78 is 0. The average Bonchev–Trinajstić information content (AvgIpc) is 2.28. The summed E-state index contributed by atoms with van der Waals surface area (Å²) in [6.45, 7) is 0. The van der Waals surface area contributed by atoms with E-state index in [1.54, 1.807) is 31.3 Å². The zero-order valence-electron chi connectivity index (χ0n) is 8.71. The fourth-order valence-corrected chi connectivity index (χ4v) is 1.32. The molecule has 0 aliphatic carbocycles. The highest BCUT2D eigenvalue weighted by Gasteiger charge is 1.95. The first-order chi connectivity index (χ1) is 7.63. The van der Waals surface area contributed by atoms with Crippen molar-refractivity contribution in [2.24, 2.45) is 0 Å². The minimum Gasteiger partial charge on any atom is -0.356 e. The molecule has 0 heterocycles. The molecule has 0 spiro atoms. The van der Waals surface area contributed by atoms with E-state index < -0.39 is 0 Å². The number of carbonyl (C=O) groups is 1. The minimum atomic E-state index is -0.140. The van der Waals surface area contributed by atoms with Gasteiger partial charge in [0.15, 0.2) is 0 Å². The summed E-state index contributed by atoms with van der Waals surface area (Å²) in [6, 6.07) is 5.33. The van der Waals surface area contributed by atoms with Gasteiger partial charge in [-0.2, -0.15) is 0 Å². The molecule has 1 rings (SSSR count). The second kappa shape index (κ2) is 6.36. The molecule has 1 aromatic carbocycles. The number of hydrogen-bond donors (Lipinski definition) is 1. The lowest BCUT2D eigenvalue weighted by molar-refractivity contribution is -0.116. The van der Waals surface area contributed by atoms with E-state index in [4.69, 9.17) is 23.2 Å². The molecule has 1 N–H and O–H groups in total. The van der Waals surface area contributed by atoms with E-state index in [2.05, 4.69) is 5.32 Å². The average molecular weight is 256 g/mol. The Morgan fingerprint density at radius 1 is 1.25 bits per heavy atom. The molecule has 0 aromatic heterocycles. The third-order valence-electron chi connectivity index (χ3n) is 1.84. The van der Waals surface area contributed by atoms with Gasteiger partial charge in [0.1, 0.15) is 0 Å². The number of amides is 1. The predicted molar refractivity (Wildman–Crippen MR) is 68.7 cm³/mol. The molecule has 0 saturated carbocycles. The largest absolute Gasteiger partial charge is 0.356 e. The SMILES string of the molecule is CNC(=O)/C=C/C=C/c1ccc(Cl)c(Cl)c1. The molecule has 84 valence electrons. The molecule has 0 aliphatic heterocycles. The maximum atomic E-state index is 10.9. The van der Waals surface area contributed by atoms with E-state index in [1.807, 2.05) is 12.1 Å². The van der Waals surface area contributed by atoms with Gasteiger partial charge in [-0.25, -0.2) is 0 Å². The van der Waals surface area contributed by atoms with Crippen molar-refractivity contribution in [3.63, 3.8) is 0 Å². The van der Waals surface area contributed by atoms with Gasteiger partial charge >= 0.3 is 0 Å². The monoisotopic (exact) mass is 255 g/mol. The van der Waals surface area contributed by atoms with Crippen LogP contribution in [0.5, 0.6) is 0 Å². The quantitative estimate of drug-likeness (QED) is 0.652. The highest BCUT2D eigenvalue weighted by atomic mass is 35.5. The lowest BCUT2D eigenvalue weighted by Crippen LogP contribution is -2.13. The maximum Gasteiger partial charge on any atom is 0.243 e. The molecule has 0 saturated heterocycles. The summed E-state index contributed by atoms with van der Waals surface area (Å²) in [5, 5.41) is 3.52. The van der Waals surface area contributed by atoms with Crippen molar-refractivity contribution < 1.29 is 4.79 Å². The fraction of sp³-hybridized carbons (Fsp3) is 0.0833. The van der Waals surface area contributed by atoms with Gasteiger partial charge in [0, 0.05) is 13.1 Å². The Labute approximate surface area is 105 Å². The predicted octanol–water partition coefficient (Wildman–Crippen LogP) is 3.31. The lowest BCUT2D eigenvalue weighted by Gasteiger charge is -1.96. The van der Waals surface area contributed by atoms with Gasteiger partial charge in [-0.1, -0.05) is 47.5 Å². The first kappa shape index (κ1) is 12.8. The molecule has 1 aromatic rings. The van der Waals surface area contributed by atoms with Crippen molar-refractivity contribution in [2.75, 3.05) is 7.05 Å². The van der Waals surface area contributed by atoms with E-state index in [-0.39, 0.29) is 5.91 Å². The normalized spacial score (nSPS) is 11.2. The summed E-state index contributed by atoms with van der Waals surface area (Å²) in [5.41, 5.74) is 0.927. The molecule has 4 heteroatoms. The fourth-order valence-electron chi connectivity index (χ4n) is 1.01. The number of carbonyl (C=O) groups excluding carboxylic acids is 1. The molecule has 0 bridgehead atoms. The third kappa shape index (κ3) is 4.09. The van der Waals surface area contributed by atoms with Crippen molar-refractivity contribution in [3.05, 3.63) is 52.0 Å². The van der Waals surface area contributed by atoms with Crippen LogP contribution in [0, 0.1) is 0 Å². The Bertz CT molecular complexity index is 439. The first-order valence-corrected chi connectivity index (χ1v) is 5.40. The number of likely N-dealkylation sites (N-methyl/N-ethyl adjacent to an activating group) is 1. The number of allylic oxidation sites excluding steroid dienone is 2. The molecule has 0 unspecified atom stereocenters. The molecule has 0 radical (unpaired) electrons. The minimum absolute atomic E-state index is 0.140. The molecular weight excluding hydrogens is 245 g/mol. The molecule has 0 aliphatic rings. The summed E-state index contributed by atoms with van der Waals surface area (Å²) in [6.07, 6.45) is 6.69. The van der Waals surface area contributed by atoms with Crippen LogP contribution in [0.4, 0.5) is 0 Å². The molecule has 16 heavy (non-hydrogen) atoms. The van der Waals surface area contributed by atoms with E-state index in [0.29, 0.717) is 10.0 Å². The zero-order chi connectivity index (χ0) is 12.0. The first-order valence-electron chi connectivity index (χ1n) is 4.65. The van der Waals surface area contributed by atoms with Crippen molar-refractivity contribution in [3.8, 4) is 0 Å². The van der Waals surface area contributed by atoms with Crippen molar-refractivity contribution in [1.29, 1.82) is 0 Å². The molecule has 0 atom stereocenters. The van der Waals surface area contributed by atoms with Crippen LogP contribution in [0.15, 0.2) is 36.4 Å². The van der Waals surface area contributed by atoms with Crippen LogP contribution in [-0.2, 0) is 4.79 Å². The zero-order valence-corrected chi connectivity index (χ0v) is 10.2. The maximum absolute atomic E-state index is 10.9. The van der Waals surface area contributed by atoms with Crippen LogP contribution in [-0.4, -0.2) is 13.0 Å². The van der Waals surface area contributed by atoms with Crippen LogP contribution < -0.4 is 5.32 Å². The highest BCUT2D eigenvalue weighted by Crippen LogP contribution is 2.22. The van der Waals surface area contributed by atoms with Gasteiger partial charge in [-0.3, -0.25) is 4.79 Å². The number of halogens is 2. The van der Waals surface area contributed by atoms with Gasteiger partial charge in [-0.05, 0) is 17.7 Å². The van der Waals surface area contributed by atoms with Crippen molar-refractivity contribution in [1.82, 2.24) is 5.32 Å². The van der Waals surface area contributed by atoms with Crippen molar-refractivity contribution >= 4 is 35.2 Å².